The van der Waals surface area contributed by atoms with E-state index in [0.717, 1.165) is 27.5 Å². The van der Waals surface area contributed by atoms with E-state index in [9.17, 15) is 4.79 Å². The summed E-state index contributed by atoms with van der Waals surface area (Å²) in [6.45, 7) is 1.33. The first-order valence-electron chi connectivity index (χ1n) is 6.69. The van der Waals surface area contributed by atoms with Gasteiger partial charge in [-0.05, 0) is 69.6 Å². The fourth-order valence-electron chi connectivity index (χ4n) is 1.83. The van der Waals surface area contributed by atoms with E-state index < -0.39 is 0 Å². The molecule has 6 nitrogen and oxygen atoms in total. The van der Waals surface area contributed by atoms with Gasteiger partial charge in [0.1, 0.15) is 11.5 Å². The van der Waals surface area contributed by atoms with Crippen LogP contribution in [0.5, 0.6) is 5.75 Å². The number of nitrogens with zero attached hydrogens (tertiary/aromatic N) is 1. The normalized spacial score (nSPS) is 11.4. The van der Waals surface area contributed by atoms with Crippen LogP contribution in [0.3, 0.4) is 0 Å². The Morgan fingerprint density at radius 3 is 2.45 bits per heavy atom. The molecule has 0 aliphatic heterocycles. The fraction of sp³-hybridized carbons (Fsp3) is 0.429. The van der Waals surface area contributed by atoms with E-state index in [0.29, 0.717) is 12.3 Å². The summed E-state index contributed by atoms with van der Waals surface area (Å²) >= 11 is 6.80. The largest absolute Gasteiger partial charge is 0.494 e. The van der Waals surface area contributed by atoms with E-state index in [2.05, 4.69) is 47.6 Å². The van der Waals surface area contributed by atoms with Crippen molar-refractivity contribution in [1.29, 1.82) is 0 Å². The number of benzene rings is 1. The van der Waals surface area contributed by atoms with Crippen LogP contribution in [-0.4, -0.2) is 44.1 Å². The quantitative estimate of drug-likeness (QED) is 0.253. The Labute approximate surface area is 146 Å². The molecule has 0 radical (unpaired) electrons. The smallest absolute Gasteiger partial charge is 0.269 e. The topological polar surface area (TPSA) is 83.0 Å². The predicted molar refractivity (Wildman–Crippen MR) is 92.9 cm³/mol. The molecule has 0 spiro atoms. The first-order valence-corrected chi connectivity index (χ1v) is 8.27. The summed E-state index contributed by atoms with van der Waals surface area (Å²) in [6.07, 6.45) is 1.02. The molecule has 122 valence electrons. The fourth-order valence-corrected chi connectivity index (χ4v) is 3.44. The Hall–Kier alpha value is -1.12. The van der Waals surface area contributed by atoms with E-state index in [1.165, 1.54) is 0 Å². The third kappa shape index (κ3) is 5.58. The lowest BCUT2D eigenvalue weighted by Crippen LogP contribution is -2.34. The van der Waals surface area contributed by atoms with Gasteiger partial charge in [-0.3, -0.25) is 4.79 Å². The van der Waals surface area contributed by atoms with Gasteiger partial charge in [-0.15, -0.1) is 0 Å². The zero-order valence-electron chi connectivity index (χ0n) is 12.4. The molecule has 0 saturated heterocycles. The maximum absolute atomic E-state index is 12.0. The number of oxime groups is 1. The van der Waals surface area contributed by atoms with Crippen LogP contribution in [0.2, 0.25) is 0 Å². The molecule has 0 unspecified atom stereocenters. The number of hydrogen-bond donors (Lipinski definition) is 3. The molecule has 0 fully saturated rings. The Balaban J connectivity index is 2.72. The average Bonchev–Trinajstić information content (AvgIpc) is 2.48. The lowest BCUT2D eigenvalue weighted by molar-refractivity contribution is -0.115. The van der Waals surface area contributed by atoms with Crippen LogP contribution in [0.15, 0.2) is 26.2 Å². The summed E-state index contributed by atoms with van der Waals surface area (Å²) in [5.41, 5.74) is 0.881. The standard InChI is InChI=1S/C14H19Br2N3O3/c1-17-4-3-5-18-14(20)12(19-21)8-9-6-10(15)13(22-2)11(16)7-9/h6-7,17,21H,3-5,8H2,1-2H3,(H,18,20)/b19-12+. The Morgan fingerprint density at radius 2 is 1.95 bits per heavy atom. The van der Waals surface area contributed by atoms with E-state index in [-0.39, 0.29) is 18.0 Å². The maximum atomic E-state index is 12.0. The van der Waals surface area contributed by atoms with Gasteiger partial charge in [-0.1, -0.05) is 5.16 Å². The van der Waals surface area contributed by atoms with Crippen LogP contribution in [0.4, 0.5) is 0 Å². The molecule has 0 aliphatic carbocycles. The monoisotopic (exact) mass is 435 g/mol. The number of methoxy groups -OCH3 is 1. The third-order valence-corrected chi connectivity index (χ3v) is 4.08. The molecular formula is C14H19Br2N3O3. The third-order valence-electron chi connectivity index (χ3n) is 2.91. The Bertz CT molecular complexity index is 527. The van der Waals surface area contributed by atoms with Gasteiger partial charge in [-0.2, -0.15) is 0 Å². The molecule has 3 N–H and O–H groups in total. The van der Waals surface area contributed by atoms with Gasteiger partial charge in [0.25, 0.3) is 5.91 Å². The zero-order chi connectivity index (χ0) is 16.5. The summed E-state index contributed by atoms with van der Waals surface area (Å²) in [6, 6.07) is 3.64. The summed E-state index contributed by atoms with van der Waals surface area (Å²) in [7, 11) is 3.42. The minimum absolute atomic E-state index is 0.0634. The van der Waals surface area contributed by atoms with Crippen LogP contribution in [-0.2, 0) is 11.2 Å². The summed E-state index contributed by atoms with van der Waals surface area (Å²) in [4.78, 5) is 12.0. The van der Waals surface area contributed by atoms with Crippen molar-refractivity contribution in [3.8, 4) is 5.75 Å². The molecule has 1 rings (SSSR count). The van der Waals surface area contributed by atoms with Gasteiger partial charge in [0.05, 0.1) is 16.1 Å². The first-order chi connectivity index (χ1) is 10.5. The molecule has 0 bridgehead atoms. The van der Waals surface area contributed by atoms with E-state index in [4.69, 9.17) is 9.94 Å². The van der Waals surface area contributed by atoms with Crippen LogP contribution >= 0.6 is 31.9 Å². The molecule has 1 aromatic carbocycles. The molecule has 1 amide bonds. The van der Waals surface area contributed by atoms with Crippen molar-refractivity contribution in [2.75, 3.05) is 27.2 Å². The van der Waals surface area contributed by atoms with Gasteiger partial charge in [0.2, 0.25) is 0 Å². The zero-order valence-corrected chi connectivity index (χ0v) is 15.6. The average molecular weight is 437 g/mol. The van der Waals surface area contributed by atoms with E-state index >= 15 is 0 Å². The number of nitrogens with one attached hydrogen (secondary N) is 2. The van der Waals surface area contributed by atoms with Gasteiger partial charge >= 0.3 is 0 Å². The highest BCUT2D eigenvalue weighted by Crippen LogP contribution is 2.34. The number of ether oxygens (including phenoxy) is 1. The van der Waals surface area contributed by atoms with Crippen LogP contribution < -0.4 is 15.4 Å². The summed E-state index contributed by atoms with van der Waals surface area (Å²) in [5.74, 6) is 0.296. The number of halogens is 2. The van der Waals surface area contributed by atoms with Gasteiger partial charge < -0.3 is 20.6 Å². The van der Waals surface area contributed by atoms with Crippen LogP contribution in [0.25, 0.3) is 0 Å². The molecule has 8 heteroatoms. The van der Waals surface area contributed by atoms with Crippen molar-refractivity contribution in [2.45, 2.75) is 12.8 Å². The highest BCUT2D eigenvalue weighted by Gasteiger charge is 2.15. The predicted octanol–water partition coefficient (Wildman–Crippen LogP) is 2.32. The van der Waals surface area contributed by atoms with Crippen LogP contribution in [0.1, 0.15) is 12.0 Å². The second-order valence-corrected chi connectivity index (χ2v) is 6.24. The summed E-state index contributed by atoms with van der Waals surface area (Å²) < 4.78 is 6.74. The minimum Gasteiger partial charge on any atom is -0.494 e. The molecule has 0 heterocycles. The number of carbonyl (C=O) groups excluding carboxylic acids is 1. The Morgan fingerprint density at radius 1 is 1.32 bits per heavy atom. The molecule has 0 aromatic heterocycles. The number of rotatable bonds is 8. The number of carbonyl (C=O) groups is 1. The van der Waals surface area contributed by atoms with E-state index in [1.54, 1.807) is 7.11 Å². The van der Waals surface area contributed by atoms with Gasteiger partial charge in [0, 0.05) is 13.0 Å². The second-order valence-electron chi connectivity index (χ2n) is 4.53. The molecule has 22 heavy (non-hydrogen) atoms. The van der Waals surface area contributed by atoms with E-state index in [1.807, 2.05) is 19.2 Å². The summed E-state index contributed by atoms with van der Waals surface area (Å²) in [5, 5.41) is 17.9. The Kier molecular flexibility index (Phi) is 8.44. The maximum Gasteiger partial charge on any atom is 0.269 e. The second kappa shape index (κ2) is 9.81. The lowest BCUT2D eigenvalue weighted by atomic mass is 10.1. The minimum atomic E-state index is -0.373. The SMILES string of the molecule is CNCCCNC(=O)/C(Cc1cc(Br)c(OC)c(Br)c1)=N/O. The van der Waals surface area contributed by atoms with Crippen LogP contribution in [0, 0.1) is 0 Å². The van der Waals surface area contributed by atoms with Crippen molar-refractivity contribution in [1.82, 2.24) is 10.6 Å². The molecule has 0 saturated carbocycles. The molecule has 1 aromatic rings. The van der Waals surface area contributed by atoms with Crippen molar-refractivity contribution >= 4 is 43.5 Å². The molecule has 0 aliphatic rings. The van der Waals surface area contributed by atoms with Crippen molar-refractivity contribution in [3.63, 3.8) is 0 Å². The molecular weight excluding hydrogens is 418 g/mol. The van der Waals surface area contributed by atoms with Crippen molar-refractivity contribution in [2.24, 2.45) is 5.16 Å². The number of hydrogen-bond acceptors (Lipinski definition) is 5. The van der Waals surface area contributed by atoms with Gasteiger partial charge in [0.15, 0.2) is 0 Å². The van der Waals surface area contributed by atoms with Gasteiger partial charge in [-0.25, -0.2) is 0 Å². The highest BCUT2D eigenvalue weighted by molar-refractivity contribution is 9.11. The van der Waals surface area contributed by atoms with Crippen molar-refractivity contribution in [3.05, 3.63) is 26.6 Å². The lowest BCUT2D eigenvalue weighted by Gasteiger charge is -2.10. The molecule has 0 atom stereocenters. The highest BCUT2D eigenvalue weighted by atomic mass is 79.9. The first kappa shape index (κ1) is 18.9. The van der Waals surface area contributed by atoms with Crippen molar-refractivity contribution < 1.29 is 14.7 Å². The number of amides is 1.